The Hall–Kier alpha value is -0.440. The fourth-order valence-corrected chi connectivity index (χ4v) is 0.423. The summed E-state index contributed by atoms with van der Waals surface area (Å²) in [4.78, 5) is 9.98. The minimum atomic E-state index is -0.396. The third kappa shape index (κ3) is 5.56. The van der Waals surface area contributed by atoms with Gasteiger partial charge in [0, 0.05) is 0 Å². The van der Waals surface area contributed by atoms with Crippen LogP contribution in [0.15, 0.2) is 12.2 Å². The Morgan fingerprint density at radius 3 is 2.75 bits per heavy atom. The van der Waals surface area contributed by atoms with Crippen LogP contribution in [0, 0.1) is 0 Å². The van der Waals surface area contributed by atoms with Gasteiger partial charge >= 0.3 is 0 Å². The molecule has 0 saturated carbocycles. The van der Waals surface area contributed by atoms with E-state index in [0.29, 0.717) is 0 Å². The van der Waals surface area contributed by atoms with Crippen molar-refractivity contribution in [2.45, 2.75) is 6.42 Å². The first-order valence-corrected chi connectivity index (χ1v) is 2.97. The standard InChI is InChI=1S/C5H9NOS/c6-5(7)3-1-2-4-8/h1,3,8H,2,4H2,(H2,6,7)/b3-1+. The fourth-order valence-electron chi connectivity index (χ4n) is 0.274. The van der Waals surface area contributed by atoms with E-state index >= 15 is 0 Å². The van der Waals surface area contributed by atoms with E-state index in [1.807, 2.05) is 0 Å². The summed E-state index contributed by atoms with van der Waals surface area (Å²) in [7, 11) is 0. The van der Waals surface area contributed by atoms with E-state index in [9.17, 15) is 4.79 Å². The van der Waals surface area contributed by atoms with Crippen molar-refractivity contribution in [3.63, 3.8) is 0 Å². The van der Waals surface area contributed by atoms with Crippen LogP contribution in [0.25, 0.3) is 0 Å². The van der Waals surface area contributed by atoms with E-state index in [1.165, 1.54) is 6.08 Å². The molecule has 3 heteroatoms. The lowest BCUT2D eigenvalue weighted by Crippen LogP contribution is -2.05. The van der Waals surface area contributed by atoms with E-state index in [4.69, 9.17) is 5.73 Å². The molecule has 0 heterocycles. The minimum absolute atomic E-state index is 0.396. The van der Waals surface area contributed by atoms with E-state index in [-0.39, 0.29) is 0 Å². The number of allylic oxidation sites excluding steroid dienone is 1. The van der Waals surface area contributed by atoms with Gasteiger partial charge in [-0.1, -0.05) is 6.08 Å². The van der Waals surface area contributed by atoms with Crippen molar-refractivity contribution in [3.05, 3.63) is 12.2 Å². The predicted octanol–water partition coefficient (Wildman–Crippen LogP) is 0.348. The van der Waals surface area contributed by atoms with Crippen molar-refractivity contribution in [3.8, 4) is 0 Å². The fraction of sp³-hybridized carbons (Fsp3) is 0.400. The molecule has 0 aromatic rings. The highest BCUT2D eigenvalue weighted by Gasteiger charge is 1.78. The lowest BCUT2D eigenvalue weighted by molar-refractivity contribution is -0.113. The molecule has 0 aliphatic carbocycles. The first-order valence-electron chi connectivity index (χ1n) is 2.34. The molecule has 1 amide bonds. The van der Waals surface area contributed by atoms with Gasteiger partial charge in [0.15, 0.2) is 0 Å². The van der Waals surface area contributed by atoms with Gasteiger partial charge in [0.1, 0.15) is 0 Å². The van der Waals surface area contributed by atoms with Crippen LogP contribution in [-0.4, -0.2) is 11.7 Å². The van der Waals surface area contributed by atoms with Crippen LogP contribution in [-0.2, 0) is 4.79 Å². The maximum absolute atomic E-state index is 9.98. The Bertz CT molecular complexity index is 101. The van der Waals surface area contributed by atoms with Crippen LogP contribution in [0.4, 0.5) is 0 Å². The zero-order chi connectivity index (χ0) is 6.41. The molecule has 0 rings (SSSR count). The Morgan fingerprint density at radius 1 is 1.75 bits per heavy atom. The summed E-state index contributed by atoms with van der Waals surface area (Å²) >= 11 is 3.92. The number of carbonyl (C=O) groups is 1. The van der Waals surface area contributed by atoms with E-state index < -0.39 is 5.91 Å². The molecule has 46 valence electrons. The first-order chi connectivity index (χ1) is 3.77. The van der Waals surface area contributed by atoms with E-state index in [1.54, 1.807) is 6.08 Å². The Balaban J connectivity index is 3.20. The summed E-state index contributed by atoms with van der Waals surface area (Å²) in [5.74, 6) is 0.357. The van der Waals surface area contributed by atoms with Crippen molar-refractivity contribution in [2.75, 3.05) is 5.75 Å². The largest absolute Gasteiger partial charge is 0.366 e. The van der Waals surface area contributed by atoms with Crippen LogP contribution in [0.1, 0.15) is 6.42 Å². The second-order valence-corrected chi connectivity index (χ2v) is 1.76. The average Bonchev–Trinajstić information content (AvgIpc) is 1.66. The molecule has 0 bridgehead atoms. The van der Waals surface area contributed by atoms with Crippen molar-refractivity contribution in [1.82, 2.24) is 0 Å². The summed E-state index contributed by atoms with van der Waals surface area (Å²) in [5, 5.41) is 0. The number of hydrogen-bond acceptors (Lipinski definition) is 2. The van der Waals surface area contributed by atoms with Gasteiger partial charge in [0.05, 0.1) is 0 Å². The van der Waals surface area contributed by atoms with E-state index in [2.05, 4.69) is 12.6 Å². The number of amides is 1. The highest BCUT2D eigenvalue weighted by Crippen LogP contribution is 1.83. The Morgan fingerprint density at radius 2 is 2.38 bits per heavy atom. The van der Waals surface area contributed by atoms with Gasteiger partial charge in [-0.2, -0.15) is 12.6 Å². The molecule has 0 fully saturated rings. The SMILES string of the molecule is NC(=O)/C=C/CCS. The van der Waals surface area contributed by atoms with Gasteiger partial charge in [-0.3, -0.25) is 4.79 Å². The van der Waals surface area contributed by atoms with Gasteiger partial charge in [-0.25, -0.2) is 0 Å². The van der Waals surface area contributed by atoms with Gasteiger partial charge in [0.2, 0.25) is 5.91 Å². The maximum atomic E-state index is 9.98. The van der Waals surface area contributed by atoms with Crippen LogP contribution in [0.3, 0.4) is 0 Å². The monoisotopic (exact) mass is 131 g/mol. The third-order valence-corrected chi connectivity index (χ3v) is 0.836. The smallest absolute Gasteiger partial charge is 0.241 e. The predicted molar refractivity (Wildman–Crippen MR) is 36.8 cm³/mol. The minimum Gasteiger partial charge on any atom is -0.366 e. The molecule has 0 unspecified atom stereocenters. The van der Waals surface area contributed by atoms with Gasteiger partial charge in [-0.15, -0.1) is 0 Å². The molecule has 0 aliphatic heterocycles. The zero-order valence-corrected chi connectivity index (χ0v) is 5.40. The summed E-state index contributed by atoms with van der Waals surface area (Å²) in [6, 6.07) is 0. The lowest BCUT2D eigenvalue weighted by atomic mass is 10.4. The summed E-state index contributed by atoms with van der Waals surface area (Å²) in [6.45, 7) is 0. The normalized spacial score (nSPS) is 10.1. The summed E-state index contributed by atoms with van der Waals surface area (Å²) in [6.07, 6.45) is 3.84. The Labute approximate surface area is 54.2 Å². The topological polar surface area (TPSA) is 43.1 Å². The quantitative estimate of drug-likeness (QED) is 0.421. The molecule has 2 N–H and O–H groups in total. The van der Waals surface area contributed by atoms with Crippen LogP contribution in [0.5, 0.6) is 0 Å². The zero-order valence-electron chi connectivity index (χ0n) is 4.50. The number of primary amides is 1. The molecule has 0 aliphatic rings. The van der Waals surface area contributed by atoms with E-state index in [0.717, 1.165) is 12.2 Å². The van der Waals surface area contributed by atoms with Gasteiger partial charge < -0.3 is 5.73 Å². The molecule has 0 atom stereocenters. The molecular formula is C5H9NOS. The molecule has 0 saturated heterocycles. The first kappa shape index (κ1) is 7.56. The van der Waals surface area contributed by atoms with Gasteiger partial charge in [-0.05, 0) is 18.2 Å². The van der Waals surface area contributed by atoms with Crippen molar-refractivity contribution in [1.29, 1.82) is 0 Å². The summed E-state index contributed by atoms with van der Waals surface area (Å²) in [5.41, 5.74) is 4.78. The third-order valence-electron chi connectivity index (χ3n) is 0.578. The number of rotatable bonds is 3. The summed E-state index contributed by atoms with van der Waals surface area (Å²) < 4.78 is 0. The molecule has 0 aromatic heterocycles. The molecule has 8 heavy (non-hydrogen) atoms. The molecule has 2 nitrogen and oxygen atoms in total. The van der Waals surface area contributed by atoms with Crippen LogP contribution >= 0.6 is 12.6 Å². The highest BCUT2D eigenvalue weighted by molar-refractivity contribution is 7.80. The van der Waals surface area contributed by atoms with Crippen molar-refractivity contribution in [2.24, 2.45) is 5.73 Å². The van der Waals surface area contributed by atoms with Crippen molar-refractivity contribution >= 4 is 18.5 Å². The maximum Gasteiger partial charge on any atom is 0.241 e. The molecular weight excluding hydrogens is 122 g/mol. The number of hydrogen-bond donors (Lipinski definition) is 2. The lowest BCUT2D eigenvalue weighted by Gasteiger charge is -1.79. The number of nitrogens with two attached hydrogens (primary N) is 1. The molecule has 0 aromatic carbocycles. The molecule has 0 spiro atoms. The second-order valence-electron chi connectivity index (χ2n) is 1.32. The van der Waals surface area contributed by atoms with Crippen LogP contribution < -0.4 is 5.73 Å². The number of thiol groups is 1. The number of carbonyl (C=O) groups excluding carboxylic acids is 1. The molecule has 0 radical (unpaired) electrons. The van der Waals surface area contributed by atoms with Gasteiger partial charge in [0.25, 0.3) is 0 Å². The average molecular weight is 131 g/mol. The highest BCUT2D eigenvalue weighted by atomic mass is 32.1. The van der Waals surface area contributed by atoms with Crippen molar-refractivity contribution < 1.29 is 4.79 Å². The second kappa shape index (κ2) is 4.71. The van der Waals surface area contributed by atoms with Crippen LogP contribution in [0.2, 0.25) is 0 Å². The Kier molecular flexibility index (Phi) is 4.45.